The molecular weight excluding hydrogens is 408 g/mol. The second kappa shape index (κ2) is 9.53. The minimum atomic E-state index is -0.406. The molecule has 1 atom stereocenters. The van der Waals surface area contributed by atoms with Gasteiger partial charge in [0.2, 0.25) is 0 Å². The van der Waals surface area contributed by atoms with Gasteiger partial charge in [-0.2, -0.15) is 0 Å². The quantitative estimate of drug-likeness (QED) is 0.646. The SMILES string of the molecule is CNC(=O)c1cc(C(=O)NC2CCC(O)CC2)c(C(C)c2ccc(OC)c(Cl)c2)o1. The van der Waals surface area contributed by atoms with E-state index in [-0.39, 0.29) is 29.7 Å². The fraction of sp³-hybridized carbons (Fsp3) is 0.455. The summed E-state index contributed by atoms with van der Waals surface area (Å²) in [5.41, 5.74) is 1.15. The highest BCUT2D eigenvalue weighted by atomic mass is 35.5. The number of carbonyl (C=O) groups excluding carboxylic acids is 2. The van der Waals surface area contributed by atoms with Gasteiger partial charge in [-0.15, -0.1) is 0 Å². The van der Waals surface area contributed by atoms with E-state index in [1.807, 2.05) is 13.0 Å². The van der Waals surface area contributed by atoms with Crippen molar-refractivity contribution in [2.75, 3.05) is 14.2 Å². The average molecular weight is 435 g/mol. The summed E-state index contributed by atoms with van der Waals surface area (Å²) in [4.78, 5) is 25.2. The topological polar surface area (TPSA) is 101 Å². The minimum Gasteiger partial charge on any atom is -0.495 e. The molecule has 1 aromatic heterocycles. The van der Waals surface area contributed by atoms with Crippen LogP contribution in [0.3, 0.4) is 0 Å². The van der Waals surface area contributed by atoms with Gasteiger partial charge in [0.1, 0.15) is 11.5 Å². The lowest BCUT2D eigenvalue weighted by molar-refractivity contribution is 0.0864. The van der Waals surface area contributed by atoms with Gasteiger partial charge in [-0.05, 0) is 43.4 Å². The number of rotatable bonds is 6. The monoisotopic (exact) mass is 434 g/mol. The molecule has 0 aliphatic heterocycles. The van der Waals surface area contributed by atoms with Crippen molar-refractivity contribution in [2.24, 2.45) is 0 Å². The van der Waals surface area contributed by atoms with Gasteiger partial charge in [0.15, 0.2) is 5.76 Å². The summed E-state index contributed by atoms with van der Waals surface area (Å²) < 4.78 is 11.0. The van der Waals surface area contributed by atoms with Crippen molar-refractivity contribution in [1.29, 1.82) is 0 Å². The molecule has 1 aliphatic carbocycles. The van der Waals surface area contributed by atoms with E-state index in [0.717, 1.165) is 5.56 Å². The van der Waals surface area contributed by atoms with Crippen LogP contribution >= 0.6 is 11.6 Å². The van der Waals surface area contributed by atoms with Crippen LogP contribution < -0.4 is 15.4 Å². The van der Waals surface area contributed by atoms with Crippen LogP contribution in [-0.4, -0.2) is 43.2 Å². The summed E-state index contributed by atoms with van der Waals surface area (Å²) in [7, 11) is 3.05. The molecule has 1 saturated carbocycles. The lowest BCUT2D eigenvalue weighted by atomic mass is 9.92. The van der Waals surface area contributed by atoms with Crippen LogP contribution in [-0.2, 0) is 0 Å². The van der Waals surface area contributed by atoms with Gasteiger partial charge >= 0.3 is 0 Å². The number of hydrogen-bond acceptors (Lipinski definition) is 5. The van der Waals surface area contributed by atoms with E-state index in [9.17, 15) is 14.7 Å². The highest BCUT2D eigenvalue weighted by Gasteiger charge is 2.28. The van der Waals surface area contributed by atoms with E-state index in [4.69, 9.17) is 20.8 Å². The lowest BCUT2D eigenvalue weighted by Crippen LogP contribution is -2.38. The Balaban J connectivity index is 1.90. The first-order chi connectivity index (χ1) is 14.3. The van der Waals surface area contributed by atoms with Gasteiger partial charge < -0.3 is 24.9 Å². The molecule has 0 radical (unpaired) electrons. The second-order valence-corrected chi connectivity index (χ2v) is 7.97. The molecule has 1 aliphatic rings. The number of hydrogen-bond donors (Lipinski definition) is 3. The predicted octanol–water partition coefficient (Wildman–Crippen LogP) is 3.49. The molecule has 1 unspecified atom stereocenters. The molecule has 7 nitrogen and oxygen atoms in total. The van der Waals surface area contributed by atoms with E-state index >= 15 is 0 Å². The second-order valence-electron chi connectivity index (χ2n) is 7.56. The maximum Gasteiger partial charge on any atom is 0.286 e. The van der Waals surface area contributed by atoms with Crippen molar-refractivity contribution in [2.45, 2.75) is 50.7 Å². The summed E-state index contributed by atoms with van der Waals surface area (Å²) in [6, 6.07) is 6.82. The standard InChI is InChI=1S/C22H27ClN2O5/c1-12(13-4-9-18(29-3)17(23)10-13)20-16(11-19(30-20)22(28)24-2)21(27)25-14-5-7-15(26)8-6-14/h4,9-12,14-15,26H,5-8H2,1-3H3,(H,24,28)(H,25,27). The predicted molar refractivity (Wildman–Crippen MR) is 113 cm³/mol. The van der Waals surface area contributed by atoms with Crippen LogP contribution in [0.2, 0.25) is 5.02 Å². The largest absolute Gasteiger partial charge is 0.495 e. The zero-order chi connectivity index (χ0) is 21.8. The highest BCUT2D eigenvalue weighted by molar-refractivity contribution is 6.32. The van der Waals surface area contributed by atoms with Crippen LogP contribution in [0.15, 0.2) is 28.7 Å². The normalized spacial score (nSPS) is 19.8. The Hall–Kier alpha value is -2.51. The maximum absolute atomic E-state index is 13.0. The number of methoxy groups -OCH3 is 1. The molecule has 1 fully saturated rings. The Morgan fingerprint density at radius 1 is 1.20 bits per heavy atom. The van der Waals surface area contributed by atoms with Gasteiger partial charge in [-0.25, -0.2) is 0 Å². The first kappa shape index (κ1) is 22.2. The Labute approximate surface area is 180 Å². The number of aliphatic hydroxyl groups excluding tert-OH is 1. The zero-order valence-corrected chi connectivity index (χ0v) is 18.1. The molecule has 2 aromatic rings. The first-order valence-corrected chi connectivity index (χ1v) is 10.4. The van der Waals surface area contributed by atoms with Crippen LogP contribution in [0, 0.1) is 0 Å². The molecule has 3 N–H and O–H groups in total. The molecule has 2 amide bonds. The van der Waals surface area contributed by atoms with E-state index < -0.39 is 5.91 Å². The number of benzene rings is 1. The third-order valence-corrected chi connectivity index (χ3v) is 5.85. The van der Waals surface area contributed by atoms with Crippen LogP contribution in [0.25, 0.3) is 0 Å². The lowest BCUT2D eigenvalue weighted by Gasteiger charge is -2.26. The third-order valence-electron chi connectivity index (χ3n) is 5.56. The van der Waals surface area contributed by atoms with Crippen molar-refractivity contribution in [3.63, 3.8) is 0 Å². The molecule has 1 aromatic carbocycles. The first-order valence-electron chi connectivity index (χ1n) is 10.0. The van der Waals surface area contributed by atoms with Gasteiger partial charge in [0.05, 0.1) is 23.8 Å². The van der Waals surface area contributed by atoms with Gasteiger partial charge in [0.25, 0.3) is 11.8 Å². The van der Waals surface area contributed by atoms with E-state index in [0.29, 0.717) is 47.8 Å². The minimum absolute atomic E-state index is 0.0159. The number of ether oxygens (including phenoxy) is 1. The van der Waals surface area contributed by atoms with Crippen LogP contribution in [0.5, 0.6) is 5.75 Å². The fourth-order valence-electron chi connectivity index (χ4n) is 3.73. The molecule has 30 heavy (non-hydrogen) atoms. The van der Waals surface area contributed by atoms with Crippen molar-refractivity contribution in [3.05, 3.63) is 51.9 Å². The summed E-state index contributed by atoms with van der Waals surface area (Å²) in [6.45, 7) is 1.89. The Bertz CT molecular complexity index is 918. The molecule has 1 heterocycles. The molecule has 3 rings (SSSR count). The van der Waals surface area contributed by atoms with Gasteiger partial charge in [-0.1, -0.05) is 24.6 Å². The average Bonchev–Trinajstić information content (AvgIpc) is 3.20. The summed E-state index contributed by atoms with van der Waals surface area (Å²) >= 11 is 6.26. The molecule has 162 valence electrons. The van der Waals surface area contributed by atoms with Gasteiger partial charge in [-0.3, -0.25) is 9.59 Å². The van der Waals surface area contributed by atoms with Gasteiger partial charge in [0, 0.05) is 25.1 Å². The highest BCUT2D eigenvalue weighted by Crippen LogP contribution is 2.34. The Morgan fingerprint density at radius 3 is 2.50 bits per heavy atom. The molecule has 0 bridgehead atoms. The summed E-state index contributed by atoms with van der Waals surface area (Å²) in [5.74, 6) is -0.00420. The number of halogens is 1. The third kappa shape index (κ3) is 4.79. The molecular formula is C22H27ClN2O5. The molecule has 8 heteroatoms. The Kier molecular flexibility index (Phi) is 7.05. The van der Waals surface area contributed by atoms with Crippen molar-refractivity contribution < 1.29 is 23.8 Å². The summed E-state index contributed by atoms with van der Waals surface area (Å²) in [5, 5.41) is 15.7. The molecule has 0 saturated heterocycles. The van der Waals surface area contributed by atoms with E-state index in [2.05, 4.69) is 10.6 Å². The van der Waals surface area contributed by atoms with E-state index in [1.165, 1.54) is 13.1 Å². The number of amides is 2. The van der Waals surface area contributed by atoms with Crippen molar-refractivity contribution in [3.8, 4) is 5.75 Å². The maximum atomic E-state index is 13.0. The fourth-order valence-corrected chi connectivity index (χ4v) is 3.99. The summed E-state index contributed by atoms with van der Waals surface area (Å²) in [6.07, 6.45) is 2.45. The smallest absolute Gasteiger partial charge is 0.286 e. The number of carbonyl (C=O) groups is 2. The number of nitrogens with one attached hydrogen (secondary N) is 2. The number of aliphatic hydroxyl groups is 1. The Morgan fingerprint density at radius 2 is 1.90 bits per heavy atom. The number of furan rings is 1. The van der Waals surface area contributed by atoms with Crippen molar-refractivity contribution >= 4 is 23.4 Å². The van der Waals surface area contributed by atoms with E-state index in [1.54, 1.807) is 19.2 Å². The van der Waals surface area contributed by atoms with Crippen molar-refractivity contribution in [1.82, 2.24) is 10.6 Å². The zero-order valence-electron chi connectivity index (χ0n) is 17.3. The molecule has 0 spiro atoms. The van der Waals surface area contributed by atoms with Crippen LogP contribution in [0.4, 0.5) is 0 Å². The van der Waals surface area contributed by atoms with Crippen LogP contribution in [0.1, 0.15) is 70.8 Å².